The van der Waals surface area contributed by atoms with Crippen LogP contribution in [0.4, 0.5) is 0 Å². The molecular formula is C13H28NO4Y-. The third kappa shape index (κ3) is 23.9. The maximum atomic E-state index is 10.8. The van der Waals surface area contributed by atoms with Crippen molar-refractivity contribution in [2.75, 3.05) is 46.2 Å². The smallest absolute Gasteiger partial charge is 0.219 e. The topological polar surface area (TPSA) is 56.8 Å². The average molecular weight is 351 g/mol. The van der Waals surface area contributed by atoms with Crippen LogP contribution in [0, 0.1) is 6.92 Å². The van der Waals surface area contributed by atoms with E-state index in [0.717, 1.165) is 0 Å². The summed E-state index contributed by atoms with van der Waals surface area (Å²) in [6.07, 6.45) is 0.509. The largest absolute Gasteiger partial charge is 0.411 e. The Labute approximate surface area is 143 Å². The van der Waals surface area contributed by atoms with Crippen molar-refractivity contribution >= 4 is 5.91 Å². The Kier molecular flexibility index (Phi) is 30.3. The average Bonchev–Trinajstić information content (AvgIpc) is 2.42. The zero-order valence-corrected chi connectivity index (χ0v) is 15.4. The first-order valence-electron chi connectivity index (χ1n) is 6.60. The molecule has 0 heterocycles. The van der Waals surface area contributed by atoms with Crippen LogP contribution in [0.2, 0.25) is 0 Å². The van der Waals surface area contributed by atoms with Gasteiger partial charge >= 0.3 is 0 Å². The molecule has 113 valence electrons. The maximum Gasteiger partial charge on any atom is 0.219 e. The van der Waals surface area contributed by atoms with Crippen molar-refractivity contribution in [3.8, 4) is 0 Å². The van der Waals surface area contributed by atoms with Crippen LogP contribution in [0.15, 0.2) is 0 Å². The molecule has 0 atom stereocenters. The van der Waals surface area contributed by atoms with Crippen LogP contribution in [0.1, 0.15) is 27.2 Å². The molecule has 1 amide bonds. The van der Waals surface area contributed by atoms with Gasteiger partial charge < -0.3 is 26.5 Å². The van der Waals surface area contributed by atoms with Gasteiger partial charge in [-0.15, -0.1) is 0 Å². The molecule has 0 spiro atoms. The zero-order chi connectivity index (χ0) is 14.1. The second-order valence-corrected chi connectivity index (χ2v) is 3.04. The van der Waals surface area contributed by atoms with Crippen molar-refractivity contribution < 1.29 is 51.7 Å². The number of hydrogen-bond acceptors (Lipinski definition) is 4. The number of amides is 1. The third-order valence-electron chi connectivity index (χ3n) is 1.78. The van der Waals surface area contributed by atoms with Gasteiger partial charge in [0, 0.05) is 45.7 Å². The Morgan fingerprint density at radius 1 is 1.00 bits per heavy atom. The molecule has 1 radical (unpaired) electrons. The second kappa shape index (κ2) is 23.5. The summed E-state index contributed by atoms with van der Waals surface area (Å²) in [6.45, 7) is 13.1. The quantitative estimate of drug-likeness (QED) is 0.452. The van der Waals surface area contributed by atoms with Gasteiger partial charge in [0.05, 0.1) is 33.0 Å². The molecule has 19 heavy (non-hydrogen) atoms. The van der Waals surface area contributed by atoms with Gasteiger partial charge in [-0.25, -0.2) is 0 Å². The number of hydrogen-bond donors (Lipinski definition) is 1. The van der Waals surface area contributed by atoms with Crippen molar-refractivity contribution in [3.63, 3.8) is 0 Å². The van der Waals surface area contributed by atoms with E-state index in [0.29, 0.717) is 52.6 Å². The Morgan fingerprint density at radius 3 is 1.95 bits per heavy atom. The van der Waals surface area contributed by atoms with Gasteiger partial charge in [-0.05, 0) is 0 Å². The van der Waals surface area contributed by atoms with Crippen molar-refractivity contribution in [3.05, 3.63) is 6.92 Å². The van der Waals surface area contributed by atoms with E-state index in [1.165, 1.54) is 0 Å². The minimum Gasteiger partial charge on any atom is -0.411 e. The van der Waals surface area contributed by atoms with Crippen LogP contribution in [-0.2, 0) is 51.7 Å². The van der Waals surface area contributed by atoms with Gasteiger partial charge in [-0.1, -0.05) is 27.4 Å². The number of carbonyl (C=O) groups excluding carboxylic acids is 1. The Bertz CT molecular complexity index is 171. The maximum absolute atomic E-state index is 10.8. The van der Waals surface area contributed by atoms with E-state index in [1.54, 1.807) is 0 Å². The zero-order valence-electron chi connectivity index (χ0n) is 12.6. The van der Waals surface area contributed by atoms with Crippen LogP contribution >= 0.6 is 0 Å². The van der Waals surface area contributed by atoms with E-state index in [-0.39, 0.29) is 38.6 Å². The molecule has 0 aliphatic carbocycles. The molecule has 0 unspecified atom stereocenters. The fourth-order valence-electron chi connectivity index (χ4n) is 0.930. The van der Waals surface area contributed by atoms with Crippen molar-refractivity contribution in [2.24, 2.45) is 0 Å². The Morgan fingerprint density at radius 2 is 1.47 bits per heavy atom. The SMILES string of the molecule is CC.[CH2-]COCCOCCOCCNC(=O)CC.[Y]. The fraction of sp³-hybridized carbons (Fsp3) is 0.846. The van der Waals surface area contributed by atoms with Crippen LogP contribution in [-0.4, -0.2) is 52.1 Å². The molecule has 0 aliphatic heterocycles. The van der Waals surface area contributed by atoms with Crippen molar-refractivity contribution in [1.29, 1.82) is 0 Å². The van der Waals surface area contributed by atoms with Gasteiger partial charge in [0.25, 0.3) is 0 Å². The number of rotatable bonds is 11. The van der Waals surface area contributed by atoms with Gasteiger partial charge in [0.2, 0.25) is 5.91 Å². The van der Waals surface area contributed by atoms with E-state index in [4.69, 9.17) is 14.2 Å². The molecule has 0 aromatic rings. The molecule has 0 rings (SSSR count). The van der Waals surface area contributed by atoms with Crippen LogP contribution in [0.3, 0.4) is 0 Å². The number of nitrogens with one attached hydrogen (secondary N) is 1. The van der Waals surface area contributed by atoms with Crippen molar-refractivity contribution in [1.82, 2.24) is 5.32 Å². The molecule has 0 aromatic carbocycles. The van der Waals surface area contributed by atoms with Gasteiger partial charge in [-0.3, -0.25) is 4.79 Å². The normalized spacial score (nSPS) is 9.05. The molecule has 0 aromatic heterocycles. The first-order chi connectivity index (χ1) is 8.81. The number of ether oxygens (including phenoxy) is 3. The summed E-state index contributed by atoms with van der Waals surface area (Å²) in [5, 5.41) is 2.72. The molecule has 6 heteroatoms. The van der Waals surface area contributed by atoms with E-state index < -0.39 is 0 Å². The Balaban J connectivity index is -0.000000809. The molecule has 0 fully saturated rings. The monoisotopic (exact) mass is 351 g/mol. The third-order valence-corrected chi connectivity index (χ3v) is 1.78. The van der Waals surface area contributed by atoms with Gasteiger partial charge in [0.15, 0.2) is 0 Å². The summed E-state index contributed by atoms with van der Waals surface area (Å²) < 4.78 is 15.5. The Hall–Kier alpha value is 0.454. The van der Waals surface area contributed by atoms with Crippen LogP contribution < -0.4 is 5.32 Å². The molecule has 5 nitrogen and oxygen atoms in total. The van der Waals surface area contributed by atoms with E-state index in [2.05, 4.69) is 12.2 Å². The molecule has 0 aliphatic rings. The standard InChI is InChI=1S/C11H22NO4.C2H6.Y/c1-3-11(13)12-5-6-15-9-10-16-8-7-14-4-2;1-2;/h2-10H2,1H3,(H,12,13);1-2H3;/q-1;;. The van der Waals surface area contributed by atoms with Gasteiger partial charge in [0.1, 0.15) is 0 Å². The summed E-state index contributed by atoms with van der Waals surface area (Å²) in [6, 6.07) is 0. The summed E-state index contributed by atoms with van der Waals surface area (Å²) in [5.74, 6) is 0.0465. The predicted octanol–water partition coefficient (Wildman–Crippen LogP) is 1.42. The molecule has 0 saturated carbocycles. The predicted molar refractivity (Wildman–Crippen MR) is 72.5 cm³/mol. The summed E-state index contributed by atoms with van der Waals surface area (Å²) in [4.78, 5) is 10.8. The summed E-state index contributed by atoms with van der Waals surface area (Å²) in [7, 11) is 0. The van der Waals surface area contributed by atoms with Crippen LogP contribution in [0.25, 0.3) is 0 Å². The molecular weight excluding hydrogens is 323 g/mol. The first-order valence-corrected chi connectivity index (χ1v) is 6.60. The van der Waals surface area contributed by atoms with E-state index in [9.17, 15) is 4.79 Å². The second-order valence-electron chi connectivity index (χ2n) is 3.04. The van der Waals surface area contributed by atoms with Crippen molar-refractivity contribution in [2.45, 2.75) is 27.2 Å². The molecule has 0 saturated heterocycles. The van der Waals surface area contributed by atoms with Gasteiger partial charge in [-0.2, -0.15) is 0 Å². The summed E-state index contributed by atoms with van der Waals surface area (Å²) >= 11 is 0. The minimum atomic E-state index is 0. The molecule has 1 N–H and O–H groups in total. The minimum absolute atomic E-state index is 0. The first kappa shape index (κ1) is 24.5. The van der Waals surface area contributed by atoms with E-state index in [1.807, 2.05) is 20.8 Å². The van der Waals surface area contributed by atoms with Crippen LogP contribution in [0.5, 0.6) is 0 Å². The van der Waals surface area contributed by atoms with E-state index >= 15 is 0 Å². The summed E-state index contributed by atoms with van der Waals surface area (Å²) in [5.41, 5.74) is 0. The fourth-order valence-corrected chi connectivity index (χ4v) is 0.930. The molecule has 0 bridgehead atoms. The number of carbonyl (C=O) groups is 1.